The molecule has 0 spiro atoms. The van der Waals surface area contributed by atoms with Crippen LogP contribution >= 0.6 is 0 Å². The third-order valence-corrected chi connectivity index (χ3v) is 2.10. The SMILES string of the molecule is CC#CCN1CCOC(CC(=O)O)C1. The first-order valence-corrected chi connectivity index (χ1v) is 4.67. The van der Waals surface area contributed by atoms with E-state index in [2.05, 4.69) is 16.7 Å². The lowest BCUT2D eigenvalue weighted by atomic mass is 10.2. The Hall–Kier alpha value is -1.05. The van der Waals surface area contributed by atoms with Gasteiger partial charge in [0.25, 0.3) is 0 Å². The molecule has 1 heterocycles. The summed E-state index contributed by atoms with van der Waals surface area (Å²) >= 11 is 0. The maximum atomic E-state index is 10.5. The van der Waals surface area contributed by atoms with E-state index in [0.717, 1.165) is 6.54 Å². The summed E-state index contributed by atoms with van der Waals surface area (Å²) in [5.74, 6) is 4.98. The zero-order valence-corrected chi connectivity index (χ0v) is 8.32. The van der Waals surface area contributed by atoms with E-state index < -0.39 is 5.97 Å². The van der Waals surface area contributed by atoms with Crippen LogP contribution in [0.4, 0.5) is 0 Å². The number of carbonyl (C=O) groups is 1. The number of nitrogens with zero attached hydrogens (tertiary/aromatic N) is 1. The van der Waals surface area contributed by atoms with E-state index in [4.69, 9.17) is 9.84 Å². The van der Waals surface area contributed by atoms with E-state index in [-0.39, 0.29) is 12.5 Å². The van der Waals surface area contributed by atoms with Crippen LogP contribution in [-0.2, 0) is 9.53 Å². The number of rotatable bonds is 3. The van der Waals surface area contributed by atoms with Gasteiger partial charge in [-0.15, -0.1) is 5.92 Å². The standard InChI is InChI=1S/C10H15NO3/c1-2-3-4-11-5-6-14-9(8-11)7-10(12)13/h9H,4-8H2,1H3,(H,12,13). The highest BCUT2D eigenvalue weighted by atomic mass is 16.5. The van der Waals surface area contributed by atoms with Gasteiger partial charge in [-0.05, 0) is 6.92 Å². The van der Waals surface area contributed by atoms with Gasteiger partial charge in [-0.2, -0.15) is 0 Å². The number of hydrogen-bond donors (Lipinski definition) is 1. The summed E-state index contributed by atoms with van der Waals surface area (Å²) in [6.45, 7) is 4.61. The average Bonchev–Trinajstić information content (AvgIpc) is 2.14. The van der Waals surface area contributed by atoms with E-state index >= 15 is 0 Å². The molecular weight excluding hydrogens is 182 g/mol. The molecule has 1 rings (SSSR count). The number of aliphatic carboxylic acids is 1. The van der Waals surface area contributed by atoms with Gasteiger partial charge in [-0.1, -0.05) is 5.92 Å². The summed E-state index contributed by atoms with van der Waals surface area (Å²) in [6.07, 6.45) is -0.101. The normalized spacial score (nSPS) is 22.5. The fourth-order valence-electron chi connectivity index (χ4n) is 1.43. The molecule has 1 unspecified atom stereocenters. The van der Waals surface area contributed by atoms with Gasteiger partial charge in [0.05, 0.1) is 25.7 Å². The van der Waals surface area contributed by atoms with Crippen molar-refractivity contribution in [2.45, 2.75) is 19.4 Å². The third kappa shape index (κ3) is 3.77. The van der Waals surface area contributed by atoms with Crippen LogP contribution in [0.15, 0.2) is 0 Å². The molecule has 1 atom stereocenters. The predicted molar refractivity (Wildman–Crippen MR) is 51.9 cm³/mol. The molecule has 1 aliphatic heterocycles. The lowest BCUT2D eigenvalue weighted by molar-refractivity contribution is -0.142. The van der Waals surface area contributed by atoms with Crippen LogP contribution in [0.1, 0.15) is 13.3 Å². The molecule has 0 aromatic heterocycles. The van der Waals surface area contributed by atoms with E-state index in [0.29, 0.717) is 19.7 Å². The summed E-state index contributed by atoms with van der Waals surface area (Å²) in [7, 11) is 0. The second-order valence-corrected chi connectivity index (χ2v) is 3.25. The number of ether oxygens (including phenoxy) is 1. The molecule has 1 fully saturated rings. The van der Waals surface area contributed by atoms with Crippen molar-refractivity contribution < 1.29 is 14.6 Å². The number of morpholine rings is 1. The summed E-state index contributed by atoms with van der Waals surface area (Å²) < 4.78 is 5.33. The van der Waals surface area contributed by atoms with Gasteiger partial charge < -0.3 is 9.84 Å². The minimum absolute atomic E-state index is 0.0794. The molecule has 0 amide bonds. The Morgan fingerprint density at radius 3 is 3.14 bits per heavy atom. The van der Waals surface area contributed by atoms with Crippen molar-refractivity contribution in [3.8, 4) is 11.8 Å². The maximum absolute atomic E-state index is 10.5. The lowest BCUT2D eigenvalue weighted by Crippen LogP contribution is -2.43. The van der Waals surface area contributed by atoms with Gasteiger partial charge in [-0.3, -0.25) is 9.69 Å². The molecule has 0 aliphatic carbocycles. The molecule has 1 N–H and O–H groups in total. The second kappa shape index (κ2) is 5.63. The fraction of sp³-hybridized carbons (Fsp3) is 0.700. The molecule has 4 heteroatoms. The van der Waals surface area contributed by atoms with Crippen LogP contribution in [-0.4, -0.2) is 48.3 Å². The first kappa shape index (κ1) is 11.0. The van der Waals surface area contributed by atoms with Crippen LogP contribution in [0.2, 0.25) is 0 Å². The molecule has 0 bridgehead atoms. The minimum atomic E-state index is -0.807. The van der Waals surface area contributed by atoms with E-state index in [9.17, 15) is 4.79 Å². The maximum Gasteiger partial charge on any atom is 0.306 e. The lowest BCUT2D eigenvalue weighted by Gasteiger charge is -2.30. The van der Waals surface area contributed by atoms with Crippen molar-refractivity contribution in [3.05, 3.63) is 0 Å². The van der Waals surface area contributed by atoms with Gasteiger partial charge in [0.2, 0.25) is 0 Å². The number of carboxylic acid groups (broad SMARTS) is 1. The molecule has 4 nitrogen and oxygen atoms in total. The van der Waals surface area contributed by atoms with Gasteiger partial charge >= 0.3 is 5.97 Å². The van der Waals surface area contributed by atoms with Crippen molar-refractivity contribution in [1.29, 1.82) is 0 Å². The minimum Gasteiger partial charge on any atom is -0.481 e. The van der Waals surface area contributed by atoms with Gasteiger partial charge in [0.1, 0.15) is 0 Å². The predicted octanol–water partition coefficient (Wildman–Crippen LogP) is 0.185. The average molecular weight is 197 g/mol. The van der Waals surface area contributed by atoms with Crippen molar-refractivity contribution in [2.24, 2.45) is 0 Å². The van der Waals surface area contributed by atoms with E-state index in [1.807, 2.05) is 0 Å². The zero-order chi connectivity index (χ0) is 10.4. The summed E-state index contributed by atoms with van der Waals surface area (Å²) in [5.41, 5.74) is 0. The molecule has 78 valence electrons. The Morgan fingerprint density at radius 2 is 2.50 bits per heavy atom. The quantitative estimate of drug-likeness (QED) is 0.656. The summed E-state index contributed by atoms with van der Waals surface area (Å²) in [6, 6.07) is 0. The molecule has 0 aromatic rings. The highest BCUT2D eigenvalue weighted by Crippen LogP contribution is 2.07. The van der Waals surface area contributed by atoms with Crippen LogP contribution in [0.5, 0.6) is 0 Å². The van der Waals surface area contributed by atoms with Crippen LogP contribution in [0, 0.1) is 11.8 Å². The van der Waals surface area contributed by atoms with Crippen molar-refractivity contribution in [3.63, 3.8) is 0 Å². The molecule has 14 heavy (non-hydrogen) atoms. The molecule has 0 radical (unpaired) electrons. The molecule has 0 aromatic carbocycles. The van der Waals surface area contributed by atoms with Crippen molar-refractivity contribution in [2.75, 3.05) is 26.2 Å². The Kier molecular flexibility index (Phi) is 4.44. The van der Waals surface area contributed by atoms with Gasteiger partial charge in [0.15, 0.2) is 0 Å². The fourth-order valence-corrected chi connectivity index (χ4v) is 1.43. The number of carboxylic acids is 1. The van der Waals surface area contributed by atoms with Gasteiger partial charge in [-0.25, -0.2) is 0 Å². The Labute approximate surface area is 83.8 Å². The molecule has 0 saturated carbocycles. The Morgan fingerprint density at radius 1 is 1.71 bits per heavy atom. The van der Waals surface area contributed by atoms with Gasteiger partial charge in [0, 0.05) is 13.1 Å². The zero-order valence-electron chi connectivity index (χ0n) is 8.32. The molecule has 1 aliphatic rings. The second-order valence-electron chi connectivity index (χ2n) is 3.25. The van der Waals surface area contributed by atoms with E-state index in [1.165, 1.54) is 0 Å². The van der Waals surface area contributed by atoms with Crippen LogP contribution in [0.3, 0.4) is 0 Å². The summed E-state index contributed by atoms with van der Waals surface area (Å²) in [4.78, 5) is 12.6. The highest BCUT2D eigenvalue weighted by Gasteiger charge is 2.21. The first-order chi connectivity index (χ1) is 6.72. The van der Waals surface area contributed by atoms with Crippen LogP contribution in [0.25, 0.3) is 0 Å². The smallest absolute Gasteiger partial charge is 0.306 e. The van der Waals surface area contributed by atoms with Crippen molar-refractivity contribution >= 4 is 5.97 Å². The molecular formula is C10H15NO3. The van der Waals surface area contributed by atoms with E-state index in [1.54, 1.807) is 6.92 Å². The summed E-state index contributed by atoms with van der Waals surface area (Å²) in [5, 5.41) is 8.60. The largest absolute Gasteiger partial charge is 0.481 e. The Bertz CT molecular complexity index is 254. The third-order valence-electron chi connectivity index (χ3n) is 2.10. The highest BCUT2D eigenvalue weighted by molar-refractivity contribution is 5.67. The van der Waals surface area contributed by atoms with Crippen molar-refractivity contribution in [1.82, 2.24) is 4.90 Å². The topological polar surface area (TPSA) is 49.8 Å². The van der Waals surface area contributed by atoms with Crippen LogP contribution < -0.4 is 0 Å². The number of hydrogen-bond acceptors (Lipinski definition) is 3. The monoisotopic (exact) mass is 197 g/mol. The molecule has 1 saturated heterocycles. The Balaban J connectivity index is 2.34. The first-order valence-electron chi connectivity index (χ1n) is 4.67.